The molecule has 0 aliphatic rings. The third-order valence-electron chi connectivity index (χ3n) is 2.65. The van der Waals surface area contributed by atoms with Gasteiger partial charge in [0.1, 0.15) is 6.61 Å². The molecule has 0 aliphatic carbocycles. The Morgan fingerprint density at radius 2 is 2.20 bits per heavy atom. The maximum Gasteiger partial charge on any atom is 0.176 e. The van der Waals surface area contributed by atoms with E-state index >= 15 is 0 Å². The molecule has 0 bridgehead atoms. The van der Waals surface area contributed by atoms with Gasteiger partial charge >= 0.3 is 0 Å². The first kappa shape index (κ1) is 14.9. The summed E-state index contributed by atoms with van der Waals surface area (Å²) < 4.78 is 17.2. The summed E-state index contributed by atoms with van der Waals surface area (Å²) in [4.78, 5) is 0. The molecular formula is C14H17BrN2O3. The highest BCUT2D eigenvalue weighted by Gasteiger charge is 2.13. The Morgan fingerprint density at radius 3 is 2.85 bits per heavy atom. The lowest BCUT2D eigenvalue weighted by atomic mass is 10.1. The van der Waals surface area contributed by atoms with Crippen LogP contribution in [0.1, 0.15) is 18.2 Å². The minimum absolute atomic E-state index is 0.301. The van der Waals surface area contributed by atoms with Crippen LogP contribution in [0, 0.1) is 0 Å². The molecule has 0 atom stereocenters. The third-order valence-corrected chi connectivity index (χ3v) is 3.24. The van der Waals surface area contributed by atoms with Crippen LogP contribution in [0.3, 0.4) is 0 Å². The lowest BCUT2D eigenvalue weighted by Gasteiger charge is -2.14. The molecule has 2 rings (SSSR count). The monoisotopic (exact) mass is 340 g/mol. The number of benzene rings is 1. The Hall–Kier alpha value is -1.53. The molecule has 0 radical (unpaired) electrons. The quantitative estimate of drug-likeness (QED) is 0.838. The van der Waals surface area contributed by atoms with Crippen molar-refractivity contribution >= 4 is 15.9 Å². The standard InChI is InChI=1S/C14H17BrN2O3/c1-2-18-13-8-10(3-5-16)7-12(15)14(13)19-9-11-4-6-17-20-11/h4,6-8H,2-3,5,9,16H2,1H3. The summed E-state index contributed by atoms with van der Waals surface area (Å²) in [6, 6.07) is 5.71. The Kier molecular flexibility index (Phi) is 5.43. The van der Waals surface area contributed by atoms with Crippen molar-refractivity contribution < 1.29 is 14.0 Å². The Balaban J connectivity index is 2.20. The molecule has 5 nitrogen and oxygen atoms in total. The summed E-state index contributed by atoms with van der Waals surface area (Å²) in [6.07, 6.45) is 2.38. The molecule has 1 aromatic carbocycles. The number of aromatic nitrogens is 1. The van der Waals surface area contributed by atoms with Crippen molar-refractivity contribution in [2.24, 2.45) is 5.73 Å². The van der Waals surface area contributed by atoms with E-state index in [4.69, 9.17) is 19.7 Å². The van der Waals surface area contributed by atoms with Crippen molar-refractivity contribution in [1.82, 2.24) is 5.16 Å². The van der Waals surface area contributed by atoms with E-state index in [1.54, 1.807) is 12.3 Å². The van der Waals surface area contributed by atoms with Crippen LogP contribution in [-0.4, -0.2) is 18.3 Å². The van der Waals surface area contributed by atoms with Crippen LogP contribution in [0.15, 0.2) is 33.4 Å². The molecule has 0 aliphatic heterocycles. The zero-order valence-corrected chi connectivity index (χ0v) is 12.9. The van der Waals surface area contributed by atoms with E-state index in [9.17, 15) is 0 Å². The third kappa shape index (κ3) is 3.74. The summed E-state index contributed by atoms with van der Waals surface area (Å²) in [5.74, 6) is 2.01. The molecule has 0 amide bonds. The number of rotatable bonds is 7. The maximum absolute atomic E-state index is 5.76. The number of nitrogens with two attached hydrogens (primary N) is 1. The minimum atomic E-state index is 0.301. The fourth-order valence-corrected chi connectivity index (χ4v) is 2.40. The van der Waals surface area contributed by atoms with Gasteiger partial charge < -0.3 is 19.7 Å². The highest BCUT2D eigenvalue weighted by Crippen LogP contribution is 2.37. The van der Waals surface area contributed by atoms with Crippen LogP contribution in [0.4, 0.5) is 0 Å². The first-order valence-corrected chi connectivity index (χ1v) is 7.21. The van der Waals surface area contributed by atoms with Crippen molar-refractivity contribution in [3.63, 3.8) is 0 Å². The predicted octanol–water partition coefficient (Wildman–Crippen LogP) is 2.92. The molecule has 0 saturated heterocycles. The van der Waals surface area contributed by atoms with Crippen molar-refractivity contribution in [2.75, 3.05) is 13.2 Å². The highest BCUT2D eigenvalue weighted by molar-refractivity contribution is 9.10. The SMILES string of the molecule is CCOc1cc(CCN)cc(Br)c1OCc1ccno1. The van der Waals surface area contributed by atoms with Gasteiger partial charge in [-0.15, -0.1) is 0 Å². The zero-order valence-electron chi connectivity index (χ0n) is 11.3. The Labute approximate surface area is 126 Å². The fraction of sp³-hybridized carbons (Fsp3) is 0.357. The fourth-order valence-electron chi connectivity index (χ4n) is 1.80. The summed E-state index contributed by atoms with van der Waals surface area (Å²) in [6.45, 7) is 3.39. The van der Waals surface area contributed by atoms with Gasteiger partial charge in [0.05, 0.1) is 17.3 Å². The van der Waals surface area contributed by atoms with Gasteiger partial charge in [0, 0.05) is 6.07 Å². The highest BCUT2D eigenvalue weighted by atomic mass is 79.9. The van der Waals surface area contributed by atoms with E-state index in [1.807, 2.05) is 19.1 Å². The molecule has 108 valence electrons. The summed E-state index contributed by atoms with van der Waals surface area (Å²) in [7, 11) is 0. The average molecular weight is 341 g/mol. The van der Waals surface area contributed by atoms with Gasteiger partial charge in [-0.05, 0) is 53.5 Å². The van der Waals surface area contributed by atoms with Crippen LogP contribution >= 0.6 is 15.9 Å². The van der Waals surface area contributed by atoms with E-state index < -0.39 is 0 Å². The van der Waals surface area contributed by atoms with Crippen molar-refractivity contribution in [1.29, 1.82) is 0 Å². The topological polar surface area (TPSA) is 70.5 Å². The Bertz CT molecular complexity index is 544. The van der Waals surface area contributed by atoms with E-state index in [1.165, 1.54) is 0 Å². The lowest BCUT2D eigenvalue weighted by Crippen LogP contribution is -2.05. The van der Waals surface area contributed by atoms with Crippen LogP contribution in [-0.2, 0) is 13.0 Å². The van der Waals surface area contributed by atoms with Gasteiger partial charge in [-0.1, -0.05) is 5.16 Å². The van der Waals surface area contributed by atoms with Crippen LogP contribution in [0.5, 0.6) is 11.5 Å². The second-order valence-corrected chi connectivity index (χ2v) is 5.00. The van der Waals surface area contributed by atoms with Crippen molar-refractivity contribution in [3.05, 3.63) is 40.2 Å². The predicted molar refractivity (Wildman–Crippen MR) is 78.9 cm³/mol. The summed E-state index contributed by atoms with van der Waals surface area (Å²) >= 11 is 3.51. The number of ether oxygens (including phenoxy) is 2. The van der Waals surface area contributed by atoms with Gasteiger partial charge in [0.15, 0.2) is 17.3 Å². The molecule has 2 aromatic rings. The molecule has 1 heterocycles. The molecule has 2 N–H and O–H groups in total. The number of nitrogens with zero attached hydrogens (tertiary/aromatic N) is 1. The van der Waals surface area contributed by atoms with E-state index in [0.29, 0.717) is 37.0 Å². The smallest absolute Gasteiger partial charge is 0.176 e. The summed E-state index contributed by atoms with van der Waals surface area (Å²) in [5, 5.41) is 3.64. The largest absolute Gasteiger partial charge is 0.490 e. The van der Waals surface area contributed by atoms with Gasteiger partial charge in [-0.2, -0.15) is 0 Å². The zero-order chi connectivity index (χ0) is 14.4. The first-order chi connectivity index (χ1) is 9.74. The van der Waals surface area contributed by atoms with Gasteiger partial charge in [-0.25, -0.2) is 0 Å². The van der Waals surface area contributed by atoms with Gasteiger partial charge in [0.25, 0.3) is 0 Å². The number of hydrogen-bond acceptors (Lipinski definition) is 5. The number of halogens is 1. The molecular weight excluding hydrogens is 324 g/mol. The molecule has 20 heavy (non-hydrogen) atoms. The first-order valence-electron chi connectivity index (χ1n) is 6.42. The lowest BCUT2D eigenvalue weighted by molar-refractivity contribution is 0.232. The van der Waals surface area contributed by atoms with Crippen LogP contribution in [0.25, 0.3) is 0 Å². The van der Waals surface area contributed by atoms with E-state index in [-0.39, 0.29) is 0 Å². The average Bonchev–Trinajstić information content (AvgIpc) is 2.92. The second-order valence-electron chi connectivity index (χ2n) is 4.14. The van der Waals surface area contributed by atoms with Crippen LogP contribution < -0.4 is 15.2 Å². The molecule has 0 fully saturated rings. The second kappa shape index (κ2) is 7.31. The normalized spacial score (nSPS) is 10.6. The number of hydrogen-bond donors (Lipinski definition) is 1. The van der Waals surface area contributed by atoms with Gasteiger partial charge in [-0.3, -0.25) is 0 Å². The summed E-state index contributed by atoms with van der Waals surface area (Å²) in [5.41, 5.74) is 6.70. The minimum Gasteiger partial charge on any atom is -0.490 e. The maximum atomic E-state index is 5.76. The molecule has 0 spiro atoms. The molecule has 0 saturated carbocycles. The van der Waals surface area contributed by atoms with Crippen LogP contribution in [0.2, 0.25) is 0 Å². The van der Waals surface area contributed by atoms with E-state index in [0.717, 1.165) is 16.5 Å². The van der Waals surface area contributed by atoms with Crippen molar-refractivity contribution in [2.45, 2.75) is 20.0 Å². The van der Waals surface area contributed by atoms with E-state index in [2.05, 4.69) is 21.1 Å². The Morgan fingerprint density at radius 1 is 1.35 bits per heavy atom. The van der Waals surface area contributed by atoms with Gasteiger partial charge in [0.2, 0.25) is 0 Å². The molecule has 0 unspecified atom stereocenters. The van der Waals surface area contributed by atoms with Crippen molar-refractivity contribution in [3.8, 4) is 11.5 Å². The molecule has 6 heteroatoms. The molecule has 1 aromatic heterocycles.